The van der Waals surface area contributed by atoms with Crippen LogP contribution in [0.5, 0.6) is 0 Å². The molecule has 0 bridgehead atoms. The second-order valence-electron chi connectivity index (χ2n) is 4.04. The van der Waals surface area contributed by atoms with Gasteiger partial charge in [0.05, 0.1) is 0 Å². The topological polar surface area (TPSA) is 107 Å². The first-order valence-electron chi connectivity index (χ1n) is 5.36. The van der Waals surface area contributed by atoms with Crippen molar-refractivity contribution in [3.05, 3.63) is 12.4 Å². The van der Waals surface area contributed by atoms with Crippen molar-refractivity contribution in [3.8, 4) is 0 Å². The summed E-state index contributed by atoms with van der Waals surface area (Å²) >= 11 is 0. The van der Waals surface area contributed by atoms with E-state index in [0.717, 1.165) is 0 Å². The average molecular weight is 410 g/mol. The SMILES string of the molecule is C=C(F)C(=O)OC(C(F)(F)F)C(F)(F)C(=O)OCC(F)(F)S(=O)(=O)O. The highest BCUT2D eigenvalue weighted by Crippen LogP contribution is 2.36. The van der Waals surface area contributed by atoms with Crippen LogP contribution < -0.4 is 0 Å². The third-order valence-corrected chi connectivity index (χ3v) is 2.97. The molecule has 0 amide bonds. The van der Waals surface area contributed by atoms with Crippen LogP contribution >= 0.6 is 0 Å². The maximum atomic E-state index is 13.4. The largest absolute Gasteiger partial charge is 0.453 e. The van der Waals surface area contributed by atoms with Gasteiger partial charge in [-0.15, -0.1) is 0 Å². The Morgan fingerprint density at radius 2 is 1.52 bits per heavy atom. The Balaban J connectivity index is 5.48. The summed E-state index contributed by atoms with van der Waals surface area (Å²) in [5, 5.41) is -5.32. The Hall–Kier alpha value is -1.97. The van der Waals surface area contributed by atoms with Crippen molar-refractivity contribution in [3.63, 3.8) is 0 Å². The molecule has 0 aliphatic rings. The molecule has 0 aliphatic carbocycles. The summed E-state index contributed by atoms with van der Waals surface area (Å²) in [5.74, 6) is -14.2. The molecule has 1 N–H and O–H groups in total. The number of carbonyl (C=O) groups is 2. The predicted molar refractivity (Wildman–Crippen MR) is 58.6 cm³/mol. The maximum Gasteiger partial charge on any atom is 0.432 e. The van der Waals surface area contributed by atoms with Gasteiger partial charge in [0, 0.05) is 0 Å². The minimum absolute atomic E-state index is 2.15. The molecule has 0 radical (unpaired) electrons. The molecule has 0 saturated carbocycles. The predicted octanol–water partition coefficient (Wildman–Crippen LogP) is 1.60. The lowest BCUT2D eigenvalue weighted by Gasteiger charge is -2.26. The second kappa shape index (κ2) is 7.11. The van der Waals surface area contributed by atoms with Crippen LogP contribution in [0.25, 0.3) is 0 Å². The Bertz CT molecular complexity index is 653. The van der Waals surface area contributed by atoms with E-state index in [1.165, 1.54) is 0 Å². The highest BCUT2D eigenvalue weighted by Gasteiger charge is 2.64. The normalized spacial score (nSPS) is 14.6. The van der Waals surface area contributed by atoms with Crippen molar-refractivity contribution in [1.82, 2.24) is 0 Å². The molecule has 0 aliphatic heterocycles. The van der Waals surface area contributed by atoms with E-state index in [1.54, 1.807) is 0 Å². The zero-order valence-corrected chi connectivity index (χ0v) is 12.1. The number of halogens is 8. The molecule has 1 unspecified atom stereocenters. The molecule has 0 rings (SSSR count). The summed E-state index contributed by atoms with van der Waals surface area (Å²) in [6, 6.07) is 0. The Morgan fingerprint density at radius 1 is 1.08 bits per heavy atom. The van der Waals surface area contributed by atoms with E-state index in [2.05, 4.69) is 16.1 Å². The van der Waals surface area contributed by atoms with Crippen LogP contribution in [0.4, 0.5) is 35.1 Å². The van der Waals surface area contributed by atoms with Gasteiger partial charge in [-0.2, -0.15) is 43.5 Å². The standard InChI is InChI=1S/C9H6F8O7S/c1-3(10)4(18)24-5(9(15,16)17)8(13,14)6(19)23-2-7(11,12)25(20,21)22/h5H,1-2H2,(H,20,21,22). The van der Waals surface area contributed by atoms with Gasteiger partial charge in [0.1, 0.15) is 0 Å². The second-order valence-corrected chi connectivity index (χ2v) is 5.59. The van der Waals surface area contributed by atoms with E-state index in [-0.39, 0.29) is 0 Å². The summed E-state index contributed by atoms with van der Waals surface area (Å²) in [6.45, 7) is -0.634. The number of hydrogen-bond donors (Lipinski definition) is 1. The Kier molecular flexibility index (Phi) is 6.55. The van der Waals surface area contributed by atoms with E-state index < -0.39 is 57.9 Å². The van der Waals surface area contributed by atoms with Crippen LogP contribution in [0.2, 0.25) is 0 Å². The van der Waals surface area contributed by atoms with Gasteiger partial charge in [0.2, 0.25) is 5.83 Å². The zero-order chi connectivity index (χ0) is 20.4. The molecular formula is C9H6F8O7S. The first kappa shape index (κ1) is 23.0. The summed E-state index contributed by atoms with van der Waals surface area (Å²) in [6.07, 6.45) is -10.9. The minimum Gasteiger partial charge on any atom is -0.453 e. The summed E-state index contributed by atoms with van der Waals surface area (Å²) < 4.78 is 136. The quantitative estimate of drug-likeness (QED) is 0.294. The van der Waals surface area contributed by atoms with E-state index in [1.807, 2.05) is 0 Å². The fourth-order valence-corrected chi connectivity index (χ4v) is 1.15. The van der Waals surface area contributed by atoms with Gasteiger partial charge in [-0.3, -0.25) is 4.55 Å². The zero-order valence-electron chi connectivity index (χ0n) is 11.3. The van der Waals surface area contributed by atoms with Gasteiger partial charge in [-0.1, -0.05) is 6.58 Å². The molecule has 0 aromatic heterocycles. The molecule has 7 nitrogen and oxygen atoms in total. The summed E-state index contributed by atoms with van der Waals surface area (Å²) in [5.41, 5.74) is 0. The monoisotopic (exact) mass is 410 g/mol. The van der Waals surface area contributed by atoms with Crippen LogP contribution in [-0.4, -0.2) is 55.0 Å². The van der Waals surface area contributed by atoms with Gasteiger partial charge in [-0.05, 0) is 0 Å². The number of alkyl halides is 7. The summed E-state index contributed by atoms with van der Waals surface area (Å²) in [7, 11) is -6.25. The molecule has 0 aromatic carbocycles. The smallest absolute Gasteiger partial charge is 0.432 e. The van der Waals surface area contributed by atoms with E-state index in [0.29, 0.717) is 0 Å². The molecule has 0 saturated heterocycles. The highest BCUT2D eigenvalue weighted by atomic mass is 32.2. The average Bonchev–Trinajstić information content (AvgIpc) is 2.38. The van der Waals surface area contributed by atoms with Crippen LogP contribution in [0.15, 0.2) is 12.4 Å². The lowest BCUT2D eigenvalue weighted by Crippen LogP contribution is -2.53. The maximum absolute atomic E-state index is 13.4. The fraction of sp³-hybridized carbons (Fsp3) is 0.556. The number of rotatable bonds is 7. The number of carbonyl (C=O) groups excluding carboxylic acids is 2. The third kappa shape index (κ3) is 5.80. The van der Waals surface area contributed by atoms with Crippen LogP contribution in [0, 0.1) is 0 Å². The Morgan fingerprint density at radius 3 is 1.84 bits per heavy atom. The van der Waals surface area contributed by atoms with Crippen LogP contribution in [0.1, 0.15) is 0 Å². The molecule has 0 aromatic rings. The van der Waals surface area contributed by atoms with Gasteiger partial charge >= 0.3 is 39.4 Å². The first-order chi connectivity index (χ1) is 10.8. The minimum atomic E-state index is -6.25. The molecule has 1 atom stereocenters. The Labute approximate surface area is 132 Å². The molecule has 25 heavy (non-hydrogen) atoms. The lowest BCUT2D eigenvalue weighted by atomic mass is 10.2. The van der Waals surface area contributed by atoms with Crippen molar-refractivity contribution in [1.29, 1.82) is 0 Å². The van der Waals surface area contributed by atoms with Crippen molar-refractivity contribution in [2.24, 2.45) is 0 Å². The van der Waals surface area contributed by atoms with E-state index >= 15 is 0 Å². The van der Waals surface area contributed by atoms with Gasteiger partial charge in [0.15, 0.2) is 6.61 Å². The molecule has 0 fully saturated rings. The van der Waals surface area contributed by atoms with Gasteiger partial charge in [-0.25, -0.2) is 9.59 Å². The highest BCUT2D eigenvalue weighted by molar-refractivity contribution is 7.86. The number of esters is 2. The third-order valence-electron chi connectivity index (χ3n) is 2.09. The van der Waals surface area contributed by atoms with Crippen molar-refractivity contribution < 1.29 is 67.2 Å². The number of ether oxygens (including phenoxy) is 2. The molecule has 0 heterocycles. The summed E-state index contributed by atoms with van der Waals surface area (Å²) in [4.78, 5) is 21.5. The van der Waals surface area contributed by atoms with Crippen LogP contribution in [-0.2, 0) is 29.2 Å². The molecule has 0 spiro atoms. The van der Waals surface area contributed by atoms with E-state index in [9.17, 15) is 53.1 Å². The molecule has 146 valence electrons. The van der Waals surface area contributed by atoms with Crippen molar-refractivity contribution >= 4 is 22.1 Å². The molecular weight excluding hydrogens is 404 g/mol. The van der Waals surface area contributed by atoms with E-state index in [4.69, 9.17) is 4.55 Å². The lowest BCUT2D eigenvalue weighted by molar-refractivity contribution is -0.277. The van der Waals surface area contributed by atoms with Crippen molar-refractivity contribution in [2.45, 2.75) is 23.5 Å². The van der Waals surface area contributed by atoms with Crippen molar-refractivity contribution in [2.75, 3.05) is 6.61 Å². The van der Waals surface area contributed by atoms with Gasteiger partial charge < -0.3 is 9.47 Å². The van der Waals surface area contributed by atoms with Crippen LogP contribution in [0.3, 0.4) is 0 Å². The fourth-order valence-electron chi connectivity index (χ4n) is 0.945. The molecule has 16 heteroatoms. The first-order valence-corrected chi connectivity index (χ1v) is 6.80. The number of hydrogen-bond acceptors (Lipinski definition) is 6. The van der Waals surface area contributed by atoms with Gasteiger partial charge in [0.25, 0.3) is 6.10 Å².